The molecule has 0 aliphatic rings. The number of carbonyl (C=O) groups excluding carboxylic acids is 1. The molecule has 0 rings (SSSR count). The van der Waals surface area contributed by atoms with Crippen LogP contribution < -0.4 is 0 Å². The van der Waals surface area contributed by atoms with E-state index < -0.39 is 8.80 Å². The van der Waals surface area contributed by atoms with Gasteiger partial charge in [-0.15, -0.1) is 0 Å². The van der Waals surface area contributed by atoms with E-state index in [9.17, 15) is 4.79 Å². The first-order valence-corrected chi connectivity index (χ1v) is 7.26. The second-order valence-electron chi connectivity index (χ2n) is 3.72. The van der Waals surface area contributed by atoms with Gasteiger partial charge in [-0.1, -0.05) is 13.8 Å². The lowest BCUT2D eigenvalue weighted by Crippen LogP contribution is -2.42. The largest absolute Gasteiger partial charge is 0.500 e. The topological polar surface area (TPSA) is 54.0 Å². The number of hydrogen-bond donors (Lipinski definition) is 0. The molecule has 0 bridgehead atoms. The fourth-order valence-electron chi connectivity index (χ4n) is 1.18. The van der Waals surface area contributed by atoms with Gasteiger partial charge in [-0.05, 0) is 6.42 Å². The monoisotopic (exact) mass is 250 g/mol. The van der Waals surface area contributed by atoms with E-state index in [0.717, 1.165) is 0 Å². The summed E-state index contributed by atoms with van der Waals surface area (Å²) in [5, 5.41) is 0. The van der Waals surface area contributed by atoms with Gasteiger partial charge in [0.25, 0.3) is 0 Å². The fraction of sp³-hybridized carbons (Fsp3) is 0.900. The van der Waals surface area contributed by atoms with E-state index >= 15 is 0 Å². The smallest absolute Gasteiger partial charge is 0.465 e. The molecule has 0 saturated carbocycles. The minimum Gasteiger partial charge on any atom is -0.465 e. The SMILES string of the molecule is CO[Si](CCCOC(=O)C(C)C)(OC)OC. The molecule has 6 heteroatoms. The molecule has 0 N–H and O–H groups in total. The van der Waals surface area contributed by atoms with Gasteiger partial charge >= 0.3 is 14.8 Å². The highest BCUT2D eigenvalue weighted by Crippen LogP contribution is 2.15. The molecule has 0 saturated heterocycles. The lowest BCUT2D eigenvalue weighted by Gasteiger charge is -2.24. The number of esters is 1. The van der Waals surface area contributed by atoms with Crippen molar-refractivity contribution < 1.29 is 22.8 Å². The molecule has 0 unspecified atom stereocenters. The van der Waals surface area contributed by atoms with Crippen LogP contribution in [0.2, 0.25) is 6.04 Å². The highest BCUT2D eigenvalue weighted by atomic mass is 28.4. The van der Waals surface area contributed by atoms with E-state index in [0.29, 0.717) is 19.1 Å². The van der Waals surface area contributed by atoms with Crippen molar-refractivity contribution >= 4 is 14.8 Å². The first-order chi connectivity index (χ1) is 7.51. The molecule has 0 heterocycles. The number of hydrogen-bond acceptors (Lipinski definition) is 5. The zero-order valence-electron chi connectivity index (χ0n) is 10.7. The van der Waals surface area contributed by atoms with Gasteiger partial charge in [0.05, 0.1) is 12.5 Å². The Morgan fingerprint density at radius 2 is 1.62 bits per heavy atom. The quantitative estimate of drug-likeness (QED) is 0.371. The van der Waals surface area contributed by atoms with Gasteiger partial charge in [0.1, 0.15) is 0 Å². The van der Waals surface area contributed by atoms with Crippen LogP contribution in [-0.4, -0.2) is 42.7 Å². The van der Waals surface area contributed by atoms with Crippen molar-refractivity contribution in [3.63, 3.8) is 0 Å². The Morgan fingerprint density at radius 3 is 2.00 bits per heavy atom. The van der Waals surface area contributed by atoms with Gasteiger partial charge in [-0.2, -0.15) is 0 Å². The maximum Gasteiger partial charge on any atom is 0.500 e. The van der Waals surface area contributed by atoms with Crippen molar-refractivity contribution in [1.29, 1.82) is 0 Å². The summed E-state index contributed by atoms with van der Waals surface area (Å²) < 4.78 is 20.8. The third-order valence-electron chi connectivity index (χ3n) is 2.28. The number of ether oxygens (including phenoxy) is 1. The Balaban J connectivity index is 3.83. The maximum absolute atomic E-state index is 11.2. The van der Waals surface area contributed by atoms with Crippen LogP contribution >= 0.6 is 0 Å². The van der Waals surface area contributed by atoms with Crippen LogP contribution in [0.15, 0.2) is 0 Å². The Hall–Kier alpha value is -0.433. The lowest BCUT2D eigenvalue weighted by molar-refractivity contribution is -0.147. The maximum atomic E-state index is 11.2. The highest BCUT2D eigenvalue weighted by molar-refractivity contribution is 6.60. The molecular formula is C10H22O5Si. The van der Waals surface area contributed by atoms with E-state index in [-0.39, 0.29) is 11.9 Å². The molecule has 0 aliphatic heterocycles. The molecule has 0 spiro atoms. The minimum absolute atomic E-state index is 0.0886. The van der Waals surface area contributed by atoms with Gasteiger partial charge < -0.3 is 18.0 Å². The van der Waals surface area contributed by atoms with Crippen LogP contribution in [-0.2, 0) is 22.8 Å². The number of rotatable bonds is 8. The van der Waals surface area contributed by atoms with Crippen LogP contribution in [0.5, 0.6) is 0 Å². The van der Waals surface area contributed by atoms with Crippen molar-refractivity contribution in [2.75, 3.05) is 27.9 Å². The molecule has 5 nitrogen and oxygen atoms in total. The van der Waals surface area contributed by atoms with E-state index in [1.807, 2.05) is 0 Å². The molecule has 96 valence electrons. The first-order valence-electron chi connectivity index (χ1n) is 5.33. The molecular weight excluding hydrogens is 228 g/mol. The minimum atomic E-state index is -2.51. The molecule has 16 heavy (non-hydrogen) atoms. The Morgan fingerprint density at radius 1 is 1.12 bits per heavy atom. The molecule has 0 aromatic rings. The standard InChI is InChI=1S/C10H22O5Si/c1-9(2)10(11)15-7-6-8-16(12-3,13-4)14-5/h9H,6-8H2,1-5H3. The Bertz CT molecular complexity index is 195. The van der Waals surface area contributed by atoms with Crippen molar-refractivity contribution in [2.24, 2.45) is 5.92 Å². The van der Waals surface area contributed by atoms with Crippen molar-refractivity contribution in [3.8, 4) is 0 Å². The summed E-state index contributed by atoms with van der Waals surface area (Å²) >= 11 is 0. The molecule has 0 amide bonds. The highest BCUT2D eigenvalue weighted by Gasteiger charge is 2.36. The summed E-state index contributed by atoms with van der Waals surface area (Å²) in [6.07, 6.45) is 0.681. The van der Waals surface area contributed by atoms with Gasteiger partial charge in [0, 0.05) is 27.4 Å². The third kappa shape index (κ3) is 5.07. The van der Waals surface area contributed by atoms with Crippen molar-refractivity contribution in [3.05, 3.63) is 0 Å². The predicted molar refractivity (Wildman–Crippen MR) is 62.0 cm³/mol. The van der Waals surface area contributed by atoms with E-state index in [4.69, 9.17) is 18.0 Å². The van der Waals surface area contributed by atoms with Crippen molar-refractivity contribution in [2.45, 2.75) is 26.3 Å². The van der Waals surface area contributed by atoms with Crippen LogP contribution in [0.25, 0.3) is 0 Å². The van der Waals surface area contributed by atoms with Gasteiger partial charge in [0.15, 0.2) is 0 Å². The number of carbonyl (C=O) groups is 1. The van der Waals surface area contributed by atoms with Crippen LogP contribution in [0.4, 0.5) is 0 Å². The predicted octanol–water partition coefficient (Wildman–Crippen LogP) is 1.45. The van der Waals surface area contributed by atoms with Gasteiger partial charge in [-0.3, -0.25) is 4.79 Å². The van der Waals surface area contributed by atoms with Crippen LogP contribution in [0, 0.1) is 5.92 Å². The average molecular weight is 250 g/mol. The normalized spacial score (nSPS) is 11.9. The summed E-state index contributed by atoms with van der Waals surface area (Å²) in [5.41, 5.74) is 0. The second-order valence-corrected chi connectivity index (χ2v) is 6.81. The van der Waals surface area contributed by atoms with Crippen molar-refractivity contribution in [1.82, 2.24) is 0 Å². The van der Waals surface area contributed by atoms with Gasteiger partial charge in [0.2, 0.25) is 0 Å². The molecule has 0 aromatic carbocycles. The second kappa shape index (κ2) is 7.78. The zero-order valence-corrected chi connectivity index (χ0v) is 11.7. The summed E-state index contributed by atoms with van der Waals surface area (Å²) in [4.78, 5) is 11.2. The summed E-state index contributed by atoms with van der Waals surface area (Å²) in [6, 6.07) is 0.641. The lowest BCUT2D eigenvalue weighted by atomic mass is 10.2. The molecule has 0 radical (unpaired) electrons. The van der Waals surface area contributed by atoms with E-state index in [1.54, 1.807) is 35.2 Å². The molecule has 0 aliphatic carbocycles. The van der Waals surface area contributed by atoms with Crippen LogP contribution in [0.3, 0.4) is 0 Å². The summed E-state index contributed by atoms with van der Waals surface area (Å²) in [6.45, 7) is 3.99. The third-order valence-corrected chi connectivity index (χ3v) is 5.11. The molecule has 0 atom stereocenters. The Kier molecular flexibility index (Phi) is 7.57. The zero-order chi connectivity index (χ0) is 12.6. The van der Waals surface area contributed by atoms with Crippen LogP contribution in [0.1, 0.15) is 20.3 Å². The summed E-state index contributed by atoms with van der Waals surface area (Å²) in [7, 11) is 2.20. The van der Waals surface area contributed by atoms with E-state index in [1.165, 1.54) is 0 Å². The van der Waals surface area contributed by atoms with Gasteiger partial charge in [-0.25, -0.2) is 0 Å². The Labute approximate surface area is 98.4 Å². The average Bonchev–Trinajstić information content (AvgIpc) is 2.30. The molecule has 0 aromatic heterocycles. The summed E-state index contributed by atoms with van der Waals surface area (Å²) in [5.74, 6) is -0.270. The molecule has 0 fully saturated rings. The van der Waals surface area contributed by atoms with E-state index in [2.05, 4.69) is 0 Å². The first kappa shape index (κ1) is 15.6. The fourth-order valence-corrected chi connectivity index (χ4v) is 2.87.